The van der Waals surface area contributed by atoms with E-state index in [-0.39, 0.29) is 17.7 Å². The van der Waals surface area contributed by atoms with Gasteiger partial charge in [0.25, 0.3) is 5.91 Å². The van der Waals surface area contributed by atoms with Crippen LogP contribution in [0.2, 0.25) is 0 Å². The predicted molar refractivity (Wildman–Crippen MR) is 87.8 cm³/mol. The highest BCUT2D eigenvalue weighted by molar-refractivity contribution is 5.94. The Morgan fingerprint density at radius 3 is 2.05 bits per heavy atom. The molecule has 4 nitrogen and oxygen atoms in total. The highest BCUT2D eigenvalue weighted by Crippen LogP contribution is 2.13. The van der Waals surface area contributed by atoms with Gasteiger partial charge in [-0.05, 0) is 24.1 Å². The van der Waals surface area contributed by atoms with Crippen molar-refractivity contribution in [3.8, 4) is 0 Å². The quantitative estimate of drug-likeness (QED) is 0.857. The van der Waals surface area contributed by atoms with E-state index in [0.717, 1.165) is 18.4 Å². The van der Waals surface area contributed by atoms with E-state index in [4.69, 9.17) is 0 Å². The second-order valence-corrected chi connectivity index (χ2v) is 6.22. The van der Waals surface area contributed by atoms with E-state index in [0.29, 0.717) is 26.2 Å². The van der Waals surface area contributed by atoms with Gasteiger partial charge in [-0.2, -0.15) is 0 Å². The smallest absolute Gasteiger partial charge is 0.253 e. The Kier molecular flexibility index (Phi) is 5.58. The van der Waals surface area contributed by atoms with Gasteiger partial charge in [0, 0.05) is 37.7 Å². The summed E-state index contributed by atoms with van der Waals surface area (Å²) in [6, 6.07) is 7.91. The molecule has 0 atom stereocenters. The largest absolute Gasteiger partial charge is 0.339 e. The third-order valence-electron chi connectivity index (χ3n) is 4.11. The third kappa shape index (κ3) is 3.87. The van der Waals surface area contributed by atoms with E-state index in [2.05, 4.69) is 6.92 Å². The van der Waals surface area contributed by atoms with Crippen LogP contribution in [0.15, 0.2) is 24.3 Å². The van der Waals surface area contributed by atoms with E-state index in [1.54, 1.807) is 0 Å². The summed E-state index contributed by atoms with van der Waals surface area (Å²) in [7, 11) is 0. The van der Waals surface area contributed by atoms with Crippen LogP contribution in [-0.4, -0.2) is 47.8 Å². The van der Waals surface area contributed by atoms with Crippen molar-refractivity contribution in [1.29, 1.82) is 0 Å². The number of carbonyl (C=O) groups excluding carboxylic acids is 2. The fourth-order valence-electron chi connectivity index (χ4n) is 2.78. The summed E-state index contributed by atoms with van der Waals surface area (Å²) in [5, 5.41) is 0. The SMILES string of the molecule is CCCc1ccc(C(=O)N2CCN(C(=O)C(C)C)CC2)cc1. The highest BCUT2D eigenvalue weighted by Gasteiger charge is 2.25. The molecular weight excluding hydrogens is 276 g/mol. The molecule has 1 aromatic rings. The zero-order valence-corrected chi connectivity index (χ0v) is 13.8. The van der Waals surface area contributed by atoms with Crippen molar-refractivity contribution in [1.82, 2.24) is 9.80 Å². The first-order valence-corrected chi connectivity index (χ1v) is 8.20. The normalized spacial score (nSPS) is 15.3. The Morgan fingerprint density at radius 2 is 1.55 bits per heavy atom. The first-order chi connectivity index (χ1) is 10.5. The molecule has 120 valence electrons. The summed E-state index contributed by atoms with van der Waals surface area (Å²) < 4.78 is 0. The molecule has 0 radical (unpaired) electrons. The summed E-state index contributed by atoms with van der Waals surface area (Å²) in [6.07, 6.45) is 2.16. The average Bonchev–Trinajstić information content (AvgIpc) is 2.54. The Bertz CT molecular complexity index is 514. The van der Waals surface area contributed by atoms with Gasteiger partial charge < -0.3 is 9.80 Å². The number of hydrogen-bond donors (Lipinski definition) is 0. The number of carbonyl (C=O) groups is 2. The number of piperazine rings is 1. The lowest BCUT2D eigenvalue weighted by molar-refractivity contribution is -0.135. The molecule has 1 heterocycles. The van der Waals surface area contributed by atoms with Crippen molar-refractivity contribution in [2.75, 3.05) is 26.2 Å². The van der Waals surface area contributed by atoms with Crippen LogP contribution in [0.1, 0.15) is 43.1 Å². The fourth-order valence-corrected chi connectivity index (χ4v) is 2.78. The van der Waals surface area contributed by atoms with Gasteiger partial charge in [-0.15, -0.1) is 0 Å². The maximum absolute atomic E-state index is 12.5. The van der Waals surface area contributed by atoms with Crippen LogP contribution < -0.4 is 0 Å². The lowest BCUT2D eigenvalue weighted by Crippen LogP contribution is -2.51. The van der Waals surface area contributed by atoms with Crippen molar-refractivity contribution in [3.05, 3.63) is 35.4 Å². The van der Waals surface area contributed by atoms with E-state index in [9.17, 15) is 9.59 Å². The van der Waals surface area contributed by atoms with Crippen LogP contribution in [-0.2, 0) is 11.2 Å². The van der Waals surface area contributed by atoms with Gasteiger partial charge in [0.15, 0.2) is 0 Å². The van der Waals surface area contributed by atoms with Gasteiger partial charge in [0.05, 0.1) is 0 Å². The molecule has 0 spiro atoms. The number of nitrogens with zero attached hydrogens (tertiary/aromatic N) is 2. The standard InChI is InChI=1S/C18H26N2O2/c1-4-5-15-6-8-16(9-7-15)18(22)20-12-10-19(11-13-20)17(21)14(2)3/h6-9,14H,4-5,10-13H2,1-3H3. The molecule has 1 saturated heterocycles. The van der Waals surface area contributed by atoms with Gasteiger partial charge in [-0.25, -0.2) is 0 Å². The van der Waals surface area contributed by atoms with Crippen molar-refractivity contribution >= 4 is 11.8 Å². The summed E-state index contributed by atoms with van der Waals surface area (Å²) in [5.41, 5.74) is 2.01. The summed E-state index contributed by atoms with van der Waals surface area (Å²) in [5.74, 6) is 0.268. The van der Waals surface area contributed by atoms with Gasteiger partial charge in [0.2, 0.25) is 5.91 Å². The molecule has 1 fully saturated rings. The van der Waals surface area contributed by atoms with Crippen LogP contribution in [0, 0.1) is 5.92 Å². The van der Waals surface area contributed by atoms with E-state index in [1.165, 1.54) is 5.56 Å². The number of amides is 2. The summed E-state index contributed by atoms with van der Waals surface area (Å²) in [6.45, 7) is 8.49. The highest BCUT2D eigenvalue weighted by atomic mass is 16.2. The number of aryl methyl sites for hydroxylation is 1. The fraction of sp³-hybridized carbons (Fsp3) is 0.556. The van der Waals surface area contributed by atoms with Gasteiger partial charge in [0.1, 0.15) is 0 Å². The lowest BCUT2D eigenvalue weighted by atomic mass is 10.1. The molecule has 4 heteroatoms. The molecule has 0 aromatic heterocycles. The lowest BCUT2D eigenvalue weighted by Gasteiger charge is -2.35. The van der Waals surface area contributed by atoms with E-state index < -0.39 is 0 Å². The number of hydrogen-bond acceptors (Lipinski definition) is 2. The van der Waals surface area contributed by atoms with Crippen molar-refractivity contribution in [2.45, 2.75) is 33.6 Å². The van der Waals surface area contributed by atoms with Crippen molar-refractivity contribution in [2.24, 2.45) is 5.92 Å². The topological polar surface area (TPSA) is 40.6 Å². The molecule has 1 aliphatic rings. The predicted octanol–water partition coefficient (Wildman–Crippen LogP) is 2.58. The van der Waals surface area contributed by atoms with Crippen LogP contribution >= 0.6 is 0 Å². The Morgan fingerprint density at radius 1 is 1.00 bits per heavy atom. The molecule has 0 saturated carbocycles. The van der Waals surface area contributed by atoms with Crippen molar-refractivity contribution < 1.29 is 9.59 Å². The summed E-state index contributed by atoms with van der Waals surface area (Å²) >= 11 is 0. The minimum absolute atomic E-state index is 0.0216. The van der Waals surface area contributed by atoms with Crippen molar-refractivity contribution in [3.63, 3.8) is 0 Å². The average molecular weight is 302 g/mol. The van der Waals surface area contributed by atoms with E-state index in [1.807, 2.05) is 47.9 Å². The van der Waals surface area contributed by atoms with E-state index >= 15 is 0 Å². The summed E-state index contributed by atoms with van der Waals surface area (Å²) in [4.78, 5) is 28.2. The van der Waals surface area contributed by atoms with Crippen LogP contribution in [0.5, 0.6) is 0 Å². The molecule has 2 amide bonds. The van der Waals surface area contributed by atoms with Crippen LogP contribution in [0.25, 0.3) is 0 Å². The van der Waals surface area contributed by atoms with Crippen LogP contribution in [0.3, 0.4) is 0 Å². The molecular formula is C18H26N2O2. The molecule has 0 aliphatic carbocycles. The molecule has 1 aliphatic heterocycles. The zero-order chi connectivity index (χ0) is 16.1. The molecule has 0 N–H and O–H groups in total. The Labute approximate surface area is 133 Å². The van der Waals surface area contributed by atoms with Gasteiger partial charge in [-0.3, -0.25) is 9.59 Å². The Balaban J connectivity index is 1.93. The minimum Gasteiger partial charge on any atom is -0.339 e. The molecule has 0 unspecified atom stereocenters. The first kappa shape index (κ1) is 16.5. The molecule has 0 bridgehead atoms. The zero-order valence-electron chi connectivity index (χ0n) is 13.8. The molecule has 1 aromatic carbocycles. The molecule has 22 heavy (non-hydrogen) atoms. The maximum Gasteiger partial charge on any atom is 0.253 e. The van der Waals surface area contributed by atoms with Gasteiger partial charge in [-0.1, -0.05) is 39.3 Å². The Hall–Kier alpha value is -1.84. The molecule has 2 rings (SSSR count). The second kappa shape index (κ2) is 7.43. The van der Waals surface area contributed by atoms with Gasteiger partial charge >= 0.3 is 0 Å². The third-order valence-corrected chi connectivity index (χ3v) is 4.11. The second-order valence-electron chi connectivity index (χ2n) is 6.22. The van der Waals surface area contributed by atoms with Crippen LogP contribution in [0.4, 0.5) is 0 Å². The number of benzene rings is 1. The first-order valence-electron chi connectivity index (χ1n) is 8.20. The minimum atomic E-state index is 0.0216. The maximum atomic E-state index is 12.5. The monoisotopic (exact) mass is 302 g/mol. The number of rotatable bonds is 4.